The lowest BCUT2D eigenvalue weighted by molar-refractivity contribution is -0.140. The second-order valence-electron chi connectivity index (χ2n) is 6.88. The summed E-state index contributed by atoms with van der Waals surface area (Å²) in [5.74, 6) is -0.419. The van der Waals surface area contributed by atoms with Crippen LogP contribution >= 0.6 is 11.3 Å². The molecule has 0 saturated carbocycles. The summed E-state index contributed by atoms with van der Waals surface area (Å²) < 4.78 is 66.3. The van der Waals surface area contributed by atoms with Gasteiger partial charge in [0, 0.05) is 31.6 Å². The Kier molecular flexibility index (Phi) is 5.11. The van der Waals surface area contributed by atoms with Gasteiger partial charge < -0.3 is 4.90 Å². The van der Waals surface area contributed by atoms with Crippen molar-refractivity contribution < 1.29 is 26.4 Å². The summed E-state index contributed by atoms with van der Waals surface area (Å²) in [6.45, 7) is 0.663. The van der Waals surface area contributed by atoms with E-state index >= 15 is 0 Å². The molecule has 0 unspecified atom stereocenters. The molecule has 0 spiro atoms. The van der Waals surface area contributed by atoms with Gasteiger partial charge in [-0.3, -0.25) is 4.79 Å². The van der Waals surface area contributed by atoms with E-state index in [1.54, 1.807) is 30.3 Å². The molecular weight excluding hydrogens is 441 g/mol. The highest BCUT2D eigenvalue weighted by Crippen LogP contribution is 2.39. The van der Waals surface area contributed by atoms with Crippen molar-refractivity contribution in [1.82, 2.24) is 19.0 Å². The van der Waals surface area contributed by atoms with Gasteiger partial charge in [0.1, 0.15) is 4.83 Å². The van der Waals surface area contributed by atoms with Crippen LogP contribution in [0.15, 0.2) is 36.4 Å². The molecule has 1 saturated heterocycles. The number of thiophene rings is 1. The van der Waals surface area contributed by atoms with Crippen molar-refractivity contribution >= 4 is 37.5 Å². The summed E-state index contributed by atoms with van der Waals surface area (Å²) in [7, 11) is -3.35. The van der Waals surface area contributed by atoms with E-state index < -0.39 is 27.8 Å². The van der Waals surface area contributed by atoms with Crippen LogP contribution in [0.2, 0.25) is 0 Å². The van der Waals surface area contributed by atoms with Gasteiger partial charge in [0.2, 0.25) is 10.0 Å². The van der Waals surface area contributed by atoms with Crippen LogP contribution in [0.5, 0.6) is 0 Å². The van der Waals surface area contributed by atoms with Gasteiger partial charge >= 0.3 is 6.18 Å². The number of fused-ring (bicyclic) bond motifs is 1. The number of piperazine rings is 1. The van der Waals surface area contributed by atoms with Gasteiger partial charge in [0.25, 0.3) is 5.91 Å². The summed E-state index contributed by atoms with van der Waals surface area (Å²) in [6.07, 6.45) is -3.56. The molecule has 1 aromatic carbocycles. The highest BCUT2D eigenvalue weighted by atomic mass is 32.2. The molecule has 0 radical (unpaired) electrons. The van der Waals surface area contributed by atoms with Crippen LogP contribution in [0.1, 0.15) is 15.4 Å². The molecule has 160 valence electrons. The third-order valence-corrected chi connectivity index (χ3v) is 7.24. The number of hydrogen-bond acceptors (Lipinski definition) is 5. The van der Waals surface area contributed by atoms with Gasteiger partial charge in [-0.05, 0) is 18.2 Å². The molecule has 1 aliphatic heterocycles. The van der Waals surface area contributed by atoms with Crippen molar-refractivity contribution in [3.05, 3.63) is 47.0 Å². The molecule has 4 rings (SSSR count). The number of hydrogen-bond donors (Lipinski definition) is 0. The van der Waals surface area contributed by atoms with Crippen molar-refractivity contribution in [2.75, 3.05) is 32.4 Å². The van der Waals surface area contributed by atoms with E-state index in [0.717, 1.165) is 17.6 Å². The van der Waals surface area contributed by atoms with E-state index in [1.165, 1.54) is 20.0 Å². The zero-order valence-electron chi connectivity index (χ0n) is 15.8. The molecule has 0 atom stereocenters. The third-order valence-electron chi connectivity index (χ3n) is 4.83. The molecule has 7 nitrogen and oxygen atoms in total. The predicted molar refractivity (Wildman–Crippen MR) is 106 cm³/mol. The molecule has 1 aliphatic rings. The van der Waals surface area contributed by atoms with Crippen molar-refractivity contribution in [2.24, 2.45) is 0 Å². The predicted octanol–water partition coefficient (Wildman–Crippen LogP) is 2.82. The average molecular weight is 458 g/mol. The van der Waals surface area contributed by atoms with Crippen LogP contribution < -0.4 is 0 Å². The molecule has 30 heavy (non-hydrogen) atoms. The zero-order chi connectivity index (χ0) is 21.7. The van der Waals surface area contributed by atoms with Crippen molar-refractivity contribution in [3.8, 4) is 5.69 Å². The number of carbonyl (C=O) groups excluding carboxylic acids is 1. The lowest BCUT2D eigenvalue weighted by Crippen LogP contribution is -2.50. The largest absolute Gasteiger partial charge is 0.435 e. The van der Waals surface area contributed by atoms with Crippen LogP contribution in [-0.2, 0) is 16.2 Å². The van der Waals surface area contributed by atoms with Crippen LogP contribution in [0.4, 0.5) is 13.2 Å². The molecule has 1 amide bonds. The van der Waals surface area contributed by atoms with Gasteiger partial charge in [-0.2, -0.15) is 22.6 Å². The minimum absolute atomic E-state index is 0.130. The van der Waals surface area contributed by atoms with Gasteiger partial charge in [-0.25, -0.2) is 13.1 Å². The first-order valence-electron chi connectivity index (χ1n) is 8.95. The fourth-order valence-electron chi connectivity index (χ4n) is 3.35. The molecule has 0 N–H and O–H groups in total. The first-order chi connectivity index (χ1) is 14.1. The summed E-state index contributed by atoms with van der Waals surface area (Å²) in [4.78, 5) is 14.7. The number of aromatic nitrogens is 2. The molecule has 3 aromatic rings. The van der Waals surface area contributed by atoms with Gasteiger partial charge in [0.05, 0.1) is 16.8 Å². The number of sulfonamides is 1. The van der Waals surface area contributed by atoms with E-state index in [2.05, 4.69) is 5.10 Å². The van der Waals surface area contributed by atoms with Crippen LogP contribution in [-0.4, -0.2) is 65.7 Å². The monoisotopic (exact) mass is 458 g/mol. The van der Waals surface area contributed by atoms with Gasteiger partial charge in [-0.1, -0.05) is 18.2 Å². The van der Waals surface area contributed by atoms with Gasteiger partial charge in [-0.15, -0.1) is 11.3 Å². The Morgan fingerprint density at radius 2 is 1.73 bits per heavy atom. The summed E-state index contributed by atoms with van der Waals surface area (Å²) >= 11 is 0.941. The highest BCUT2D eigenvalue weighted by molar-refractivity contribution is 7.88. The Morgan fingerprint density at radius 1 is 1.10 bits per heavy atom. The maximum absolute atomic E-state index is 13.5. The van der Waals surface area contributed by atoms with Crippen molar-refractivity contribution in [3.63, 3.8) is 0 Å². The normalized spacial score (nSPS) is 16.3. The second kappa shape index (κ2) is 7.36. The third kappa shape index (κ3) is 3.82. The fraction of sp³-hybridized carbons (Fsp3) is 0.333. The Balaban J connectivity index is 1.69. The number of nitrogens with zero attached hydrogens (tertiary/aromatic N) is 4. The molecular formula is C18H17F3N4O3S2. The van der Waals surface area contributed by atoms with Crippen LogP contribution in [0.3, 0.4) is 0 Å². The van der Waals surface area contributed by atoms with Crippen molar-refractivity contribution in [1.29, 1.82) is 0 Å². The minimum atomic E-state index is -4.67. The van der Waals surface area contributed by atoms with Crippen molar-refractivity contribution in [2.45, 2.75) is 6.18 Å². The second-order valence-corrected chi connectivity index (χ2v) is 9.89. The van der Waals surface area contributed by atoms with Crippen LogP contribution in [0.25, 0.3) is 15.9 Å². The highest BCUT2D eigenvalue weighted by Gasteiger charge is 2.38. The Hall–Kier alpha value is -2.44. The molecule has 0 aliphatic carbocycles. The standard InChI is InChI=1S/C18H17F3N4O3S2/c1-30(27,28)24-9-7-23(8-10-24)16(26)14-11-13-15(18(19,20)21)22-25(17(13)29-14)12-5-3-2-4-6-12/h2-6,11H,7-10H2,1H3. The number of benzene rings is 1. The summed E-state index contributed by atoms with van der Waals surface area (Å²) in [6, 6.07) is 9.62. The number of amides is 1. The Labute approximate surface area is 174 Å². The summed E-state index contributed by atoms with van der Waals surface area (Å²) in [5, 5.41) is 3.61. The Bertz CT molecular complexity index is 1190. The van der Waals surface area contributed by atoms with E-state index in [1.807, 2.05) is 0 Å². The number of carbonyl (C=O) groups is 1. The molecule has 3 heterocycles. The lowest BCUT2D eigenvalue weighted by Gasteiger charge is -2.32. The first-order valence-corrected chi connectivity index (χ1v) is 11.6. The maximum Gasteiger partial charge on any atom is 0.435 e. The number of alkyl halides is 3. The topological polar surface area (TPSA) is 75.5 Å². The smallest absolute Gasteiger partial charge is 0.335 e. The van der Waals surface area contributed by atoms with Gasteiger partial charge in [0.15, 0.2) is 5.69 Å². The van der Waals surface area contributed by atoms with E-state index in [9.17, 15) is 26.4 Å². The lowest BCUT2D eigenvalue weighted by atomic mass is 10.2. The zero-order valence-corrected chi connectivity index (χ0v) is 17.4. The number of rotatable bonds is 3. The fourth-order valence-corrected chi connectivity index (χ4v) is 5.27. The van der Waals surface area contributed by atoms with E-state index in [-0.39, 0.29) is 41.3 Å². The number of para-hydroxylation sites is 1. The molecule has 0 bridgehead atoms. The van der Waals surface area contributed by atoms with Crippen LogP contribution in [0, 0.1) is 0 Å². The quantitative estimate of drug-likeness (QED) is 0.605. The number of halogens is 3. The molecule has 12 heteroatoms. The molecule has 1 fully saturated rings. The van der Waals surface area contributed by atoms with E-state index in [4.69, 9.17) is 0 Å². The average Bonchev–Trinajstić information content (AvgIpc) is 3.26. The van der Waals surface area contributed by atoms with E-state index in [0.29, 0.717) is 5.69 Å². The first kappa shape index (κ1) is 20.8. The molecule has 2 aromatic heterocycles. The SMILES string of the molecule is CS(=O)(=O)N1CCN(C(=O)c2cc3c(C(F)(F)F)nn(-c4ccccc4)c3s2)CC1. The maximum atomic E-state index is 13.5. The summed E-state index contributed by atoms with van der Waals surface area (Å²) in [5.41, 5.74) is -0.584. The Morgan fingerprint density at radius 3 is 2.30 bits per heavy atom. The minimum Gasteiger partial charge on any atom is -0.335 e.